The van der Waals surface area contributed by atoms with E-state index in [-0.39, 0.29) is 5.91 Å². The molecular formula is C18H24N2OS. The van der Waals surface area contributed by atoms with Gasteiger partial charge in [0.25, 0.3) is 0 Å². The first kappa shape index (κ1) is 15.5. The van der Waals surface area contributed by atoms with Gasteiger partial charge in [-0.1, -0.05) is 31.9 Å². The third-order valence-electron chi connectivity index (χ3n) is 4.85. The molecule has 3 nitrogen and oxygen atoms in total. The quantitative estimate of drug-likeness (QED) is 0.844. The van der Waals surface area contributed by atoms with Gasteiger partial charge in [-0.15, -0.1) is 11.3 Å². The lowest BCUT2D eigenvalue weighted by Gasteiger charge is -2.36. The first-order chi connectivity index (χ1) is 10.6. The van der Waals surface area contributed by atoms with Crippen molar-refractivity contribution in [2.24, 2.45) is 5.92 Å². The molecule has 3 rings (SSSR count). The van der Waals surface area contributed by atoms with Crippen molar-refractivity contribution in [1.29, 1.82) is 0 Å². The summed E-state index contributed by atoms with van der Waals surface area (Å²) >= 11 is 1.71. The molecule has 2 atom stereocenters. The van der Waals surface area contributed by atoms with E-state index in [2.05, 4.69) is 18.0 Å². The van der Waals surface area contributed by atoms with Gasteiger partial charge < -0.3 is 4.90 Å². The molecule has 0 radical (unpaired) electrons. The minimum atomic E-state index is 0.262. The van der Waals surface area contributed by atoms with Gasteiger partial charge in [0, 0.05) is 25.9 Å². The lowest BCUT2D eigenvalue weighted by atomic mass is 9.85. The van der Waals surface area contributed by atoms with Gasteiger partial charge in [0.05, 0.1) is 15.2 Å². The number of fused-ring (bicyclic) bond motifs is 1. The Balaban J connectivity index is 1.59. The van der Waals surface area contributed by atoms with Crippen LogP contribution < -0.4 is 0 Å². The number of hydrogen-bond donors (Lipinski definition) is 0. The number of benzene rings is 1. The Morgan fingerprint density at radius 1 is 1.32 bits per heavy atom. The van der Waals surface area contributed by atoms with Crippen molar-refractivity contribution in [1.82, 2.24) is 9.88 Å². The van der Waals surface area contributed by atoms with Crippen LogP contribution in [0.15, 0.2) is 24.3 Å². The van der Waals surface area contributed by atoms with Crippen molar-refractivity contribution in [2.45, 2.75) is 51.5 Å². The minimum absolute atomic E-state index is 0.262. The number of carbonyl (C=O) groups is 1. The van der Waals surface area contributed by atoms with Crippen LogP contribution in [0.4, 0.5) is 0 Å². The second-order valence-electron chi connectivity index (χ2n) is 6.41. The largest absolute Gasteiger partial charge is 0.343 e. The summed E-state index contributed by atoms with van der Waals surface area (Å²) in [6, 6.07) is 8.60. The molecule has 0 saturated heterocycles. The van der Waals surface area contributed by atoms with Gasteiger partial charge in [0.1, 0.15) is 0 Å². The zero-order chi connectivity index (χ0) is 15.5. The molecule has 1 saturated carbocycles. The van der Waals surface area contributed by atoms with E-state index in [1.165, 1.54) is 24.0 Å². The normalized spacial score (nSPS) is 21.9. The van der Waals surface area contributed by atoms with Crippen molar-refractivity contribution in [3.63, 3.8) is 0 Å². The summed E-state index contributed by atoms with van der Waals surface area (Å²) < 4.78 is 1.21. The summed E-state index contributed by atoms with van der Waals surface area (Å²) in [7, 11) is 1.98. The zero-order valence-electron chi connectivity index (χ0n) is 13.4. The van der Waals surface area contributed by atoms with Crippen LogP contribution in [0.3, 0.4) is 0 Å². The Hall–Kier alpha value is -1.42. The number of aromatic nitrogens is 1. The average molecular weight is 316 g/mol. The monoisotopic (exact) mass is 316 g/mol. The third kappa shape index (κ3) is 3.32. The Morgan fingerprint density at radius 2 is 2.09 bits per heavy atom. The first-order valence-electron chi connectivity index (χ1n) is 8.25. The van der Waals surface area contributed by atoms with Crippen molar-refractivity contribution < 1.29 is 4.79 Å². The summed E-state index contributed by atoms with van der Waals surface area (Å²) in [4.78, 5) is 19.1. The average Bonchev–Trinajstić information content (AvgIpc) is 2.95. The molecule has 1 aliphatic carbocycles. The summed E-state index contributed by atoms with van der Waals surface area (Å²) in [5.74, 6) is 0.892. The number of aryl methyl sites for hydroxylation is 1. The Kier molecular flexibility index (Phi) is 4.77. The molecule has 1 amide bonds. The SMILES string of the molecule is CC1CCCCC1N(C)C(=O)CCc1nc2ccccc2s1. The fourth-order valence-electron chi connectivity index (χ4n) is 3.47. The van der Waals surface area contributed by atoms with Crippen molar-refractivity contribution >= 4 is 27.5 Å². The van der Waals surface area contributed by atoms with Crippen LogP contribution in [-0.2, 0) is 11.2 Å². The smallest absolute Gasteiger partial charge is 0.222 e. The van der Waals surface area contributed by atoms with Crippen LogP contribution in [0.1, 0.15) is 44.0 Å². The van der Waals surface area contributed by atoms with Crippen molar-refractivity contribution in [2.75, 3.05) is 7.05 Å². The van der Waals surface area contributed by atoms with Gasteiger partial charge in [0.2, 0.25) is 5.91 Å². The molecule has 1 aromatic carbocycles. The van der Waals surface area contributed by atoms with Crippen LogP contribution >= 0.6 is 11.3 Å². The maximum Gasteiger partial charge on any atom is 0.222 e. The highest BCUT2D eigenvalue weighted by atomic mass is 32.1. The second-order valence-corrected chi connectivity index (χ2v) is 7.52. The first-order valence-corrected chi connectivity index (χ1v) is 9.07. The predicted molar refractivity (Wildman–Crippen MR) is 92.1 cm³/mol. The summed E-state index contributed by atoms with van der Waals surface area (Å²) in [6.45, 7) is 2.28. The fraction of sp³-hybridized carbons (Fsp3) is 0.556. The highest BCUT2D eigenvalue weighted by molar-refractivity contribution is 7.18. The van der Waals surface area contributed by atoms with Gasteiger partial charge in [-0.25, -0.2) is 4.98 Å². The molecule has 2 aromatic rings. The lowest BCUT2D eigenvalue weighted by Crippen LogP contribution is -2.42. The van der Waals surface area contributed by atoms with E-state index in [1.807, 2.05) is 30.1 Å². The van der Waals surface area contributed by atoms with E-state index in [4.69, 9.17) is 0 Å². The molecular weight excluding hydrogens is 292 g/mol. The number of rotatable bonds is 4. The number of para-hydroxylation sites is 1. The van der Waals surface area contributed by atoms with Crippen LogP contribution in [0.5, 0.6) is 0 Å². The van der Waals surface area contributed by atoms with Crippen LogP contribution in [-0.4, -0.2) is 28.9 Å². The Bertz CT molecular complexity index is 618. The number of nitrogens with zero attached hydrogens (tertiary/aromatic N) is 2. The number of thiazole rings is 1. The second kappa shape index (κ2) is 6.78. The molecule has 0 N–H and O–H groups in total. The molecule has 1 aliphatic rings. The van der Waals surface area contributed by atoms with E-state index in [0.29, 0.717) is 18.4 Å². The summed E-state index contributed by atoms with van der Waals surface area (Å²) in [5, 5.41) is 1.07. The molecule has 1 fully saturated rings. The van der Waals surface area contributed by atoms with E-state index in [9.17, 15) is 4.79 Å². The standard InChI is InChI=1S/C18H24N2OS/c1-13-7-3-5-9-15(13)20(2)18(21)12-11-17-19-14-8-4-6-10-16(14)22-17/h4,6,8,10,13,15H,3,5,7,9,11-12H2,1-2H3. The van der Waals surface area contributed by atoms with E-state index in [0.717, 1.165) is 23.4 Å². The lowest BCUT2D eigenvalue weighted by molar-refractivity contribution is -0.133. The van der Waals surface area contributed by atoms with Crippen LogP contribution in [0.2, 0.25) is 0 Å². The number of carbonyl (C=O) groups excluding carboxylic acids is 1. The maximum absolute atomic E-state index is 12.5. The maximum atomic E-state index is 12.5. The van der Waals surface area contributed by atoms with Gasteiger partial charge in [-0.2, -0.15) is 0 Å². The van der Waals surface area contributed by atoms with Gasteiger partial charge >= 0.3 is 0 Å². The van der Waals surface area contributed by atoms with Crippen LogP contribution in [0.25, 0.3) is 10.2 Å². The summed E-state index contributed by atoms with van der Waals surface area (Å²) in [5.41, 5.74) is 1.05. The van der Waals surface area contributed by atoms with Gasteiger partial charge in [-0.3, -0.25) is 4.79 Å². The molecule has 118 valence electrons. The fourth-order valence-corrected chi connectivity index (χ4v) is 4.44. The number of hydrogen-bond acceptors (Lipinski definition) is 3. The highest BCUT2D eigenvalue weighted by Gasteiger charge is 2.27. The topological polar surface area (TPSA) is 33.2 Å². The highest BCUT2D eigenvalue weighted by Crippen LogP contribution is 2.28. The van der Waals surface area contributed by atoms with E-state index >= 15 is 0 Å². The zero-order valence-corrected chi connectivity index (χ0v) is 14.2. The Morgan fingerprint density at radius 3 is 2.86 bits per heavy atom. The third-order valence-corrected chi connectivity index (χ3v) is 5.94. The van der Waals surface area contributed by atoms with Gasteiger partial charge in [0.15, 0.2) is 0 Å². The van der Waals surface area contributed by atoms with Crippen molar-refractivity contribution in [3.05, 3.63) is 29.3 Å². The van der Waals surface area contributed by atoms with E-state index < -0.39 is 0 Å². The Labute approximate surface area is 136 Å². The molecule has 0 aliphatic heterocycles. The summed E-state index contributed by atoms with van der Waals surface area (Å²) in [6.07, 6.45) is 6.30. The predicted octanol–water partition coefficient (Wildman–Crippen LogP) is 4.27. The molecule has 0 spiro atoms. The van der Waals surface area contributed by atoms with Crippen LogP contribution in [0, 0.1) is 5.92 Å². The number of amides is 1. The molecule has 2 unspecified atom stereocenters. The van der Waals surface area contributed by atoms with Gasteiger partial charge in [-0.05, 0) is 30.9 Å². The minimum Gasteiger partial charge on any atom is -0.343 e. The molecule has 1 aromatic heterocycles. The molecule has 22 heavy (non-hydrogen) atoms. The van der Waals surface area contributed by atoms with Crippen molar-refractivity contribution in [3.8, 4) is 0 Å². The molecule has 4 heteroatoms. The molecule has 1 heterocycles. The molecule has 0 bridgehead atoms. The van der Waals surface area contributed by atoms with E-state index in [1.54, 1.807) is 11.3 Å².